The summed E-state index contributed by atoms with van der Waals surface area (Å²) in [5.74, 6) is 0.209. The molecule has 0 aromatic carbocycles. The van der Waals surface area contributed by atoms with Crippen LogP contribution < -0.4 is 0 Å². The summed E-state index contributed by atoms with van der Waals surface area (Å²) in [6, 6.07) is 0.309. The van der Waals surface area contributed by atoms with E-state index in [1.807, 2.05) is 0 Å². The molecule has 0 amide bonds. The maximum atomic E-state index is 10.2. The minimum atomic E-state index is -0.283. The van der Waals surface area contributed by atoms with E-state index in [4.69, 9.17) is 4.89 Å². The van der Waals surface area contributed by atoms with Crippen molar-refractivity contribution in [3.63, 3.8) is 0 Å². The van der Waals surface area contributed by atoms with Gasteiger partial charge in [0.2, 0.25) is 0 Å². The molecule has 1 aliphatic carbocycles. The van der Waals surface area contributed by atoms with Gasteiger partial charge in [0.05, 0.1) is 34.9 Å². The number of nitrogens with zero attached hydrogens (tertiary/aromatic N) is 1. The Morgan fingerprint density at radius 3 is 2.47 bits per heavy atom. The maximum Gasteiger partial charge on any atom is 0.115 e. The van der Waals surface area contributed by atoms with Gasteiger partial charge in [0.25, 0.3) is 0 Å². The predicted octanol–water partition coefficient (Wildman–Crippen LogP) is 0.800. The van der Waals surface area contributed by atoms with Crippen LogP contribution in [0.2, 0.25) is 0 Å². The fourth-order valence-corrected chi connectivity index (χ4v) is 2.43. The molecule has 15 heavy (non-hydrogen) atoms. The van der Waals surface area contributed by atoms with E-state index in [0.717, 1.165) is 23.7 Å². The Hall–Kier alpha value is -0.160. The van der Waals surface area contributed by atoms with Crippen molar-refractivity contribution >= 4 is 0 Å². The Morgan fingerprint density at radius 2 is 1.93 bits per heavy atom. The lowest BCUT2D eigenvalue weighted by molar-refractivity contribution is -0.901. The Bertz CT molecular complexity index is 191. The Kier molecular flexibility index (Phi) is 4.52. The number of rotatable bonds is 4. The van der Waals surface area contributed by atoms with E-state index < -0.39 is 0 Å². The minimum absolute atomic E-state index is 0.209. The molecule has 0 aliphatic heterocycles. The molecule has 1 fully saturated rings. The van der Waals surface area contributed by atoms with E-state index in [-0.39, 0.29) is 12.0 Å². The predicted molar refractivity (Wildman–Crippen MR) is 58.1 cm³/mol. The molecule has 0 spiro atoms. The second-order valence-corrected chi connectivity index (χ2v) is 5.32. The normalized spacial score (nSPS) is 33.0. The summed E-state index contributed by atoms with van der Waals surface area (Å²) >= 11 is 0. The molecular weight excluding hydrogens is 194 g/mol. The highest BCUT2D eigenvalue weighted by atomic mass is 17.2. The third-order valence-corrected chi connectivity index (χ3v) is 3.35. The quantitative estimate of drug-likeness (QED) is 0.431. The van der Waals surface area contributed by atoms with Crippen molar-refractivity contribution in [3.8, 4) is 0 Å². The largest absolute Gasteiger partial charge is 0.387 e. The summed E-state index contributed by atoms with van der Waals surface area (Å²) in [4.78, 5) is 9.53. The van der Waals surface area contributed by atoms with Crippen molar-refractivity contribution in [1.82, 2.24) is 0 Å². The summed E-state index contributed by atoms with van der Waals surface area (Å²) < 4.78 is 0.810. The molecule has 90 valence electrons. The van der Waals surface area contributed by atoms with Crippen LogP contribution in [0.15, 0.2) is 0 Å². The minimum Gasteiger partial charge on any atom is -0.387 e. The summed E-state index contributed by atoms with van der Waals surface area (Å²) in [5.41, 5.74) is 0. The summed E-state index contributed by atoms with van der Waals surface area (Å²) in [6.07, 6.45) is 3.00. The maximum absolute atomic E-state index is 10.2. The van der Waals surface area contributed by atoms with Crippen molar-refractivity contribution < 1.29 is 19.4 Å². The topological polar surface area (TPSA) is 38.7 Å². The van der Waals surface area contributed by atoms with Gasteiger partial charge in [0.1, 0.15) is 12.1 Å². The van der Waals surface area contributed by atoms with Crippen LogP contribution in [-0.4, -0.2) is 56.6 Å². The van der Waals surface area contributed by atoms with Crippen LogP contribution in [0, 0.1) is 5.92 Å². The Labute approximate surface area is 92.3 Å². The first kappa shape index (κ1) is 12.9. The van der Waals surface area contributed by atoms with Crippen LogP contribution in [0.5, 0.6) is 0 Å². The second-order valence-electron chi connectivity index (χ2n) is 5.32. The van der Waals surface area contributed by atoms with Crippen molar-refractivity contribution in [2.75, 3.05) is 34.9 Å². The van der Waals surface area contributed by atoms with Gasteiger partial charge in [-0.1, -0.05) is 0 Å². The van der Waals surface area contributed by atoms with Gasteiger partial charge in [0, 0.05) is 12.3 Å². The van der Waals surface area contributed by atoms with Crippen LogP contribution >= 0.6 is 0 Å². The number of aliphatic hydroxyl groups excluding tert-OH is 1. The molecule has 1 aliphatic rings. The molecule has 0 aromatic heterocycles. The van der Waals surface area contributed by atoms with E-state index in [1.165, 1.54) is 7.11 Å². The zero-order valence-corrected chi connectivity index (χ0v) is 10.3. The van der Waals surface area contributed by atoms with Gasteiger partial charge < -0.3 is 9.59 Å². The number of hydrogen-bond donors (Lipinski definition) is 1. The summed E-state index contributed by atoms with van der Waals surface area (Å²) in [7, 11) is 7.90. The number of aliphatic hydroxyl groups is 1. The molecule has 0 saturated heterocycles. The van der Waals surface area contributed by atoms with E-state index in [2.05, 4.69) is 26.0 Å². The van der Waals surface area contributed by atoms with Gasteiger partial charge >= 0.3 is 0 Å². The SMILES string of the molecule is COOC[C@H]1CCCC([N+](C)(C)C)C1O. The lowest BCUT2D eigenvalue weighted by Crippen LogP contribution is -2.56. The fourth-order valence-electron chi connectivity index (χ4n) is 2.43. The van der Waals surface area contributed by atoms with Crippen molar-refractivity contribution in [3.05, 3.63) is 0 Å². The van der Waals surface area contributed by atoms with Crippen molar-refractivity contribution in [2.45, 2.75) is 31.4 Å². The first-order valence-corrected chi connectivity index (χ1v) is 5.61. The molecule has 2 unspecified atom stereocenters. The third-order valence-electron chi connectivity index (χ3n) is 3.35. The van der Waals surface area contributed by atoms with Gasteiger partial charge in [-0.2, -0.15) is 0 Å². The molecular formula is C11H24NO3+. The highest BCUT2D eigenvalue weighted by Gasteiger charge is 2.39. The number of quaternary nitrogens is 1. The molecule has 1 saturated carbocycles. The van der Waals surface area contributed by atoms with Crippen LogP contribution in [0.3, 0.4) is 0 Å². The van der Waals surface area contributed by atoms with Gasteiger partial charge in [-0.25, -0.2) is 9.78 Å². The zero-order valence-electron chi connectivity index (χ0n) is 10.3. The van der Waals surface area contributed by atoms with Crippen LogP contribution in [-0.2, 0) is 9.78 Å². The lowest BCUT2D eigenvalue weighted by Gasteiger charge is -2.42. The van der Waals surface area contributed by atoms with E-state index in [9.17, 15) is 5.11 Å². The van der Waals surface area contributed by atoms with Crippen LogP contribution in [0.1, 0.15) is 19.3 Å². The highest BCUT2D eigenvalue weighted by molar-refractivity contribution is 4.82. The van der Waals surface area contributed by atoms with Gasteiger partial charge in [-0.15, -0.1) is 0 Å². The standard InChI is InChI=1S/C11H24NO3/c1-12(2,3)10-7-5-6-9(11(10)13)8-15-14-4/h9-11,13H,5-8H2,1-4H3/q+1/t9-,10?,11?/m1/s1. The molecule has 1 N–H and O–H groups in total. The molecule has 0 radical (unpaired) electrons. The summed E-state index contributed by atoms with van der Waals surface area (Å²) in [5, 5.41) is 10.2. The zero-order chi connectivity index (χ0) is 11.5. The number of hydrogen-bond acceptors (Lipinski definition) is 3. The average molecular weight is 218 g/mol. The van der Waals surface area contributed by atoms with Crippen molar-refractivity contribution in [2.24, 2.45) is 5.92 Å². The van der Waals surface area contributed by atoms with Gasteiger partial charge in [-0.3, -0.25) is 0 Å². The van der Waals surface area contributed by atoms with E-state index >= 15 is 0 Å². The average Bonchev–Trinajstić information content (AvgIpc) is 2.14. The van der Waals surface area contributed by atoms with Gasteiger partial charge in [-0.05, 0) is 12.8 Å². The summed E-state index contributed by atoms with van der Waals surface area (Å²) in [6.45, 7) is 0.494. The van der Waals surface area contributed by atoms with Crippen LogP contribution in [0.25, 0.3) is 0 Å². The Morgan fingerprint density at radius 1 is 1.27 bits per heavy atom. The molecule has 0 heterocycles. The van der Waals surface area contributed by atoms with Crippen molar-refractivity contribution in [1.29, 1.82) is 0 Å². The van der Waals surface area contributed by atoms with Gasteiger partial charge in [0.15, 0.2) is 0 Å². The lowest BCUT2D eigenvalue weighted by atomic mass is 9.82. The number of likely N-dealkylation sites (N-methyl/N-ethyl adjacent to an activating group) is 1. The monoisotopic (exact) mass is 218 g/mol. The van der Waals surface area contributed by atoms with Crippen LogP contribution in [0.4, 0.5) is 0 Å². The smallest absolute Gasteiger partial charge is 0.115 e. The molecule has 4 nitrogen and oxygen atoms in total. The molecule has 0 aromatic rings. The first-order chi connectivity index (χ1) is 6.96. The van der Waals surface area contributed by atoms with E-state index in [1.54, 1.807) is 0 Å². The molecule has 3 atom stereocenters. The Balaban J connectivity index is 2.55. The third kappa shape index (κ3) is 3.41. The fraction of sp³-hybridized carbons (Fsp3) is 1.00. The first-order valence-electron chi connectivity index (χ1n) is 5.61. The second kappa shape index (κ2) is 5.25. The van der Waals surface area contributed by atoms with E-state index in [0.29, 0.717) is 12.6 Å². The molecule has 0 bridgehead atoms. The molecule has 1 rings (SSSR count). The molecule has 4 heteroatoms. The highest BCUT2D eigenvalue weighted by Crippen LogP contribution is 2.29.